The maximum absolute atomic E-state index is 5.70. The number of fused-ring (bicyclic) bond motifs is 1. The van der Waals surface area contributed by atoms with E-state index < -0.39 is 0 Å². The number of hydrogen-bond donors (Lipinski definition) is 0. The summed E-state index contributed by atoms with van der Waals surface area (Å²) in [6.45, 7) is 9.84. The lowest BCUT2D eigenvalue weighted by Crippen LogP contribution is -2.19. The first-order valence-electron chi connectivity index (χ1n) is 7.26. The second-order valence-corrected chi connectivity index (χ2v) is 6.09. The normalized spacial score (nSPS) is 14.4. The van der Waals surface area contributed by atoms with Crippen LogP contribution in [0.1, 0.15) is 34.1 Å². The molecular formula is C17H24O4. The van der Waals surface area contributed by atoms with Gasteiger partial charge in [-0.05, 0) is 52.3 Å². The van der Waals surface area contributed by atoms with E-state index in [9.17, 15) is 0 Å². The van der Waals surface area contributed by atoms with Gasteiger partial charge in [-0.3, -0.25) is 0 Å². The van der Waals surface area contributed by atoms with Gasteiger partial charge < -0.3 is 18.9 Å². The number of ether oxygens (including phenoxy) is 4. The van der Waals surface area contributed by atoms with Gasteiger partial charge in [-0.2, -0.15) is 0 Å². The largest absolute Gasteiger partial charge is 0.489 e. The molecule has 1 aromatic rings. The fourth-order valence-corrected chi connectivity index (χ4v) is 1.87. The minimum atomic E-state index is -0.0801. The van der Waals surface area contributed by atoms with Crippen molar-refractivity contribution < 1.29 is 18.9 Å². The molecule has 0 unspecified atom stereocenters. The van der Waals surface area contributed by atoms with Crippen LogP contribution in [0.5, 0.6) is 17.2 Å². The van der Waals surface area contributed by atoms with Gasteiger partial charge in [0.2, 0.25) is 6.79 Å². The van der Waals surface area contributed by atoms with E-state index in [1.807, 2.05) is 18.2 Å². The Morgan fingerprint density at radius 2 is 2.00 bits per heavy atom. The monoisotopic (exact) mass is 292 g/mol. The van der Waals surface area contributed by atoms with E-state index in [0.717, 1.165) is 30.3 Å². The van der Waals surface area contributed by atoms with Crippen LogP contribution in [0.25, 0.3) is 0 Å². The fourth-order valence-electron chi connectivity index (χ4n) is 1.87. The van der Waals surface area contributed by atoms with Gasteiger partial charge in [-0.1, -0.05) is 5.57 Å². The second kappa shape index (κ2) is 6.85. The molecule has 1 heterocycles. The van der Waals surface area contributed by atoms with Crippen LogP contribution in [0.2, 0.25) is 0 Å². The Labute approximate surface area is 126 Å². The summed E-state index contributed by atoms with van der Waals surface area (Å²) in [6.07, 6.45) is 3.00. The van der Waals surface area contributed by atoms with Crippen molar-refractivity contribution >= 4 is 0 Å². The minimum absolute atomic E-state index is 0.0801. The Bertz CT molecular complexity index is 500. The van der Waals surface area contributed by atoms with Crippen LogP contribution in [0.3, 0.4) is 0 Å². The molecule has 0 saturated carbocycles. The summed E-state index contributed by atoms with van der Waals surface area (Å²) >= 11 is 0. The molecule has 4 nitrogen and oxygen atoms in total. The van der Waals surface area contributed by atoms with E-state index in [1.54, 1.807) is 0 Å². The first-order valence-corrected chi connectivity index (χ1v) is 7.26. The van der Waals surface area contributed by atoms with E-state index in [-0.39, 0.29) is 12.4 Å². The van der Waals surface area contributed by atoms with Gasteiger partial charge in [-0.25, -0.2) is 0 Å². The average molecular weight is 292 g/mol. The number of benzene rings is 1. The molecule has 0 aliphatic carbocycles. The molecule has 1 aromatic carbocycles. The average Bonchev–Trinajstić information content (AvgIpc) is 2.84. The van der Waals surface area contributed by atoms with Crippen LogP contribution in [0, 0.1) is 0 Å². The van der Waals surface area contributed by atoms with Crippen molar-refractivity contribution in [1.82, 2.24) is 0 Å². The van der Waals surface area contributed by atoms with Crippen molar-refractivity contribution in [3.05, 3.63) is 29.8 Å². The van der Waals surface area contributed by atoms with Crippen molar-refractivity contribution in [2.24, 2.45) is 0 Å². The van der Waals surface area contributed by atoms with Gasteiger partial charge in [0.1, 0.15) is 12.4 Å². The minimum Gasteiger partial charge on any atom is -0.489 e. The molecule has 116 valence electrons. The van der Waals surface area contributed by atoms with E-state index >= 15 is 0 Å². The predicted molar refractivity (Wildman–Crippen MR) is 82.1 cm³/mol. The number of hydrogen-bond acceptors (Lipinski definition) is 4. The van der Waals surface area contributed by atoms with Gasteiger partial charge >= 0.3 is 0 Å². The van der Waals surface area contributed by atoms with Crippen molar-refractivity contribution in [3.8, 4) is 17.2 Å². The molecule has 1 aliphatic rings. The number of rotatable bonds is 6. The third-order valence-electron chi connectivity index (χ3n) is 3.06. The van der Waals surface area contributed by atoms with Crippen molar-refractivity contribution in [1.29, 1.82) is 0 Å². The summed E-state index contributed by atoms with van der Waals surface area (Å²) < 4.78 is 22.0. The van der Waals surface area contributed by atoms with E-state index in [0.29, 0.717) is 6.61 Å². The molecule has 1 aliphatic heterocycles. The molecule has 0 saturated heterocycles. The zero-order valence-electron chi connectivity index (χ0n) is 13.3. The fraction of sp³-hybridized carbons (Fsp3) is 0.529. The maximum Gasteiger partial charge on any atom is 0.231 e. The third-order valence-corrected chi connectivity index (χ3v) is 3.06. The summed E-state index contributed by atoms with van der Waals surface area (Å²) in [5.41, 5.74) is 1.18. The summed E-state index contributed by atoms with van der Waals surface area (Å²) in [5.74, 6) is 2.30. The zero-order chi connectivity index (χ0) is 15.3. The van der Waals surface area contributed by atoms with Crippen LogP contribution < -0.4 is 14.2 Å². The highest BCUT2D eigenvalue weighted by atomic mass is 16.7. The van der Waals surface area contributed by atoms with Gasteiger partial charge in [-0.15, -0.1) is 0 Å². The van der Waals surface area contributed by atoms with Gasteiger partial charge in [0.25, 0.3) is 0 Å². The molecule has 0 spiro atoms. The van der Waals surface area contributed by atoms with Crippen LogP contribution in [-0.4, -0.2) is 25.6 Å². The summed E-state index contributed by atoms with van der Waals surface area (Å²) in [5, 5.41) is 0. The quantitative estimate of drug-likeness (QED) is 0.744. The van der Waals surface area contributed by atoms with E-state index in [1.165, 1.54) is 5.57 Å². The summed E-state index contributed by atoms with van der Waals surface area (Å²) in [6, 6.07) is 5.61. The predicted octanol–water partition coefficient (Wildman–Crippen LogP) is 3.95. The molecule has 4 heteroatoms. The Hall–Kier alpha value is -1.68. The molecule has 0 radical (unpaired) electrons. The highest BCUT2D eigenvalue weighted by Crippen LogP contribution is 2.35. The van der Waals surface area contributed by atoms with Crippen LogP contribution in [-0.2, 0) is 4.74 Å². The maximum atomic E-state index is 5.70. The van der Waals surface area contributed by atoms with Crippen molar-refractivity contribution in [2.45, 2.75) is 39.7 Å². The lowest BCUT2D eigenvalue weighted by molar-refractivity contribution is -0.000975. The second-order valence-electron chi connectivity index (χ2n) is 6.09. The first kappa shape index (κ1) is 15.7. The van der Waals surface area contributed by atoms with E-state index in [4.69, 9.17) is 18.9 Å². The molecule has 0 bridgehead atoms. The van der Waals surface area contributed by atoms with Crippen LogP contribution in [0.4, 0.5) is 0 Å². The van der Waals surface area contributed by atoms with Crippen molar-refractivity contribution in [3.63, 3.8) is 0 Å². The molecular weight excluding hydrogens is 268 g/mol. The Kier molecular flexibility index (Phi) is 5.12. The summed E-state index contributed by atoms with van der Waals surface area (Å²) in [7, 11) is 0. The first-order chi connectivity index (χ1) is 9.94. The third kappa shape index (κ3) is 5.31. The van der Waals surface area contributed by atoms with Crippen molar-refractivity contribution in [2.75, 3.05) is 20.0 Å². The molecule has 0 N–H and O–H groups in total. The molecule has 0 atom stereocenters. The lowest BCUT2D eigenvalue weighted by atomic mass is 10.2. The summed E-state index contributed by atoms with van der Waals surface area (Å²) in [4.78, 5) is 0. The van der Waals surface area contributed by atoms with Gasteiger partial charge in [0.15, 0.2) is 11.5 Å². The zero-order valence-corrected chi connectivity index (χ0v) is 13.3. The molecule has 21 heavy (non-hydrogen) atoms. The Morgan fingerprint density at radius 1 is 1.24 bits per heavy atom. The van der Waals surface area contributed by atoms with E-state index in [2.05, 4.69) is 33.8 Å². The van der Waals surface area contributed by atoms with Crippen LogP contribution >= 0.6 is 0 Å². The molecule has 0 fully saturated rings. The topological polar surface area (TPSA) is 36.9 Å². The highest BCUT2D eigenvalue weighted by molar-refractivity contribution is 5.46. The molecule has 0 amide bonds. The lowest BCUT2D eigenvalue weighted by Gasteiger charge is -2.19. The highest BCUT2D eigenvalue weighted by Gasteiger charge is 2.13. The standard InChI is InChI=1S/C17H24O4/c1-13(8-10-21-17(2,3)4)7-9-18-14-5-6-15-16(11-14)20-12-19-15/h5-7,11H,8-10,12H2,1-4H3. The van der Waals surface area contributed by atoms with Gasteiger partial charge in [0, 0.05) is 6.07 Å². The molecule has 0 aromatic heterocycles. The Morgan fingerprint density at radius 3 is 2.76 bits per heavy atom. The SMILES string of the molecule is CC(=CCOc1ccc2c(c1)OCO2)CCOC(C)(C)C. The van der Waals surface area contributed by atoms with Crippen LogP contribution in [0.15, 0.2) is 29.8 Å². The van der Waals surface area contributed by atoms with Gasteiger partial charge in [0.05, 0.1) is 12.2 Å². The Balaban J connectivity index is 1.74. The molecule has 2 rings (SSSR count). The smallest absolute Gasteiger partial charge is 0.231 e.